The third-order valence-electron chi connectivity index (χ3n) is 4.35. The zero-order valence-corrected chi connectivity index (χ0v) is 15.5. The Kier molecular flexibility index (Phi) is 9.88. The van der Waals surface area contributed by atoms with Crippen LogP contribution in [0, 0.1) is 11.8 Å². The van der Waals surface area contributed by atoms with Gasteiger partial charge in [-0.3, -0.25) is 14.4 Å². The smallest absolute Gasteiger partial charge is 0.302 e. The third-order valence-corrected chi connectivity index (χ3v) is 4.55. The average Bonchev–Trinajstić information content (AvgIpc) is 2.55. The summed E-state index contributed by atoms with van der Waals surface area (Å²) in [4.78, 5) is 35.7. The maximum Gasteiger partial charge on any atom is 0.302 e. The largest absolute Gasteiger partial charge is 0.466 e. The van der Waals surface area contributed by atoms with Gasteiger partial charge >= 0.3 is 5.97 Å². The summed E-state index contributed by atoms with van der Waals surface area (Å²) < 4.78 is 5.04. The number of likely N-dealkylation sites (tertiary alicyclic amines) is 1. The number of carbonyl (C=O) groups is 3. The molecule has 2 amide bonds. The molecule has 3 atom stereocenters. The number of aliphatic hydroxyl groups is 1. The molecule has 24 heavy (non-hydrogen) atoms. The maximum atomic E-state index is 12.3. The molecular formula is C16H29N2O5P. The van der Waals surface area contributed by atoms with Gasteiger partial charge in [-0.2, -0.15) is 0 Å². The zero-order chi connectivity index (χ0) is 17.9. The van der Waals surface area contributed by atoms with Crippen LogP contribution in [0.4, 0.5) is 4.79 Å². The van der Waals surface area contributed by atoms with Crippen LogP contribution < -0.4 is 5.32 Å². The van der Waals surface area contributed by atoms with Crippen molar-refractivity contribution in [3.05, 3.63) is 0 Å². The molecule has 0 aromatic heterocycles. The highest BCUT2D eigenvalue weighted by atomic mass is 31.0. The summed E-state index contributed by atoms with van der Waals surface area (Å²) in [5.74, 6) is -0.143. The molecule has 1 aliphatic heterocycles. The van der Waals surface area contributed by atoms with Crippen molar-refractivity contribution >= 4 is 26.8 Å². The molecular weight excluding hydrogens is 331 g/mol. The fraction of sp³-hybridized carbons (Fsp3) is 0.812. The Labute approximate surface area is 145 Å². The van der Waals surface area contributed by atoms with E-state index in [-0.39, 0.29) is 36.0 Å². The Morgan fingerprint density at radius 2 is 2.00 bits per heavy atom. The molecule has 0 aromatic rings. The minimum absolute atomic E-state index is 0.00949. The van der Waals surface area contributed by atoms with E-state index in [1.54, 1.807) is 4.90 Å². The van der Waals surface area contributed by atoms with Crippen LogP contribution >= 0.6 is 9.24 Å². The fourth-order valence-electron chi connectivity index (χ4n) is 2.91. The van der Waals surface area contributed by atoms with Gasteiger partial charge in [-0.05, 0) is 28.5 Å². The summed E-state index contributed by atoms with van der Waals surface area (Å²) in [6.07, 6.45) is 3.77. The highest BCUT2D eigenvalue weighted by Crippen LogP contribution is 2.24. The predicted octanol–water partition coefficient (Wildman–Crippen LogP) is 1.15. The van der Waals surface area contributed by atoms with Crippen molar-refractivity contribution in [1.82, 2.24) is 10.2 Å². The van der Waals surface area contributed by atoms with Gasteiger partial charge in [0.15, 0.2) is 0 Å². The van der Waals surface area contributed by atoms with Crippen molar-refractivity contribution in [3.8, 4) is 0 Å². The van der Waals surface area contributed by atoms with Gasteiger partial charge in [0.2, 0.25) is 11.6 Å². The molecule has 0 aliphatic carbocycles. The van der Waals surface area contributed by atoms with Gasteiger partial charge in [0.1, 0.15) is 0 Å². The lowest BCUT2D eigenvalue weighted by atomic mass is 9.86. The Morgan fingerprint density at radius 1 is 1.25 bits per heavy atom. The van der Waals surface area contributed by atoms with E-state index in [4.69, 9.17) is 4.74 Å². The number of carbonyl (C=O) groups excluding carboxylic acids is 3. The molecule has 1 rings (SSSR count). The number of piperidine rings is 1. The lowest BCUT2D eigenvalue weighted by Gasteiger charge is -2.37. The van der Waals surface area contributed by atoms with E-state index in [0.29, 0.717) is 32.7 Å². The number of rotatable bonds is 9. The molecule has 1 heterocycles. The molecule has 7 nitrogen and oxygen atoms in total. The topological polar surface area (TPSA) is 95.9 Å². The Hall–Kier alpha value is -1.20. The average molecular weight is 360 g/mol. The molecule has 0 aromatic carbocycles. The number of hydrogen-bond acceptors (Lipinski definition) is 5. The number of amides is 2. The summed E-state index contributed by atoms with van der Waals surface area (Å²) in [7, 11) is 2.07. The van der Waals surface area contributed by atoms with Gasteiger partial charge in [0.05, 0.1) is 6.61 Å². The summed E-state index contributed by atoms with van der Waals surface area (Å²) in [5.41, 5.74) is -0.113. The molecule has 2 N–H and O–H groups in total. The minimum Gasteiger partial charge on any atom is -0.466 e. The van der Waals surface area contributed by atoms with Crippen molar-refractivity contribution in [2.75, 3.05) is 32.8 Å². The zero-order valence-electron chi connectivity index (χ0n) is 14.3. The van der Waals surface area contributed by atoms with Crippen LogP contribution in [0.25, 0.3) is 0 Å². The second-order valence-electron chi connectivity index (χ2n) is 6.24. The van der Waals surface area contributed by atoms with E-state index in [0.717, 1.165) is 25.7 Å². The third kappa shape index (κ3) is 8.06. The molecule has 3 unspecified atom stereocenters. The van der Waals surface area contributed by atoms with E-state index in [1.165, 1.54) is 6.92 Å². The summed E-state index contributed by atoms with van der Waals surface area (Å²) in [5, 5.41) is 12.2. The molecule has 138 valence electrons. The van der Waals surface area contributed by atoms with E-state index >= 15 is 0 Å². The normalized spacial score (nSPS) is 20.5. The first-order chi connectivity index (χ1) is 11.4. The standard InChI is InChI=1S/C16H29N2O5P/c1-12(20)23-11-13-6-8-18(9-14(13)10-19)15(21)5-3-2-4-7-17-16(22)24/h13-14,19H,2-11,24H2,1H3,(H,17,22). The SMILES string of the molecule is CC(=O)OCC1CCN(C(=O)CCCCCNC(=O)P)CC1CO. The summed E-state index contributed by atoms with van der Waals surface area (Å²) in [6, 6.07) is 0. The lowest BCUT2D eigenvalue weighted by molar-refractivity contribution is -0.145. The van der Waals surface area contributed by atoms with Gasteiger partial charge in [0, 0.05) is 51.4 Å². The van der Waals surface area contributed by atoms with Crippen LogP contribution in [-0.4, -0.2) is 60.4 Å². The van der Waals surface area contributed by atoms with Crippen LogP contribution in [0.5, 0.6) is 0 Å². The van der Waals surface area contributed by atoms with Crippen LogP contribution in [0.3, 0.4) is 0 Å². The van der Waals surface area contributed by atoms with E-state index in [1.807, 2.05) is 0 Å². The Bertz CT molecular complexity index is 433. The van der Waals surface area contributed by atoms with Crippen molar-refractivity contribution in [1.29, 1.82) is 0 Å². The number of hydrogen-bond donors (Lipinski definition) is 2. The monoisotopic (exact) mass is 360 g/mol. The number of esters is 1. The number of unbranched alkanes of at least 4 members (excludes halogenated alkanes) is 2. The summed E-state index contributed by atoms with van der Waals surface area (Å²) in [6.45, 7) is 3.46. The molecule has 1 fully saturated rings. The highest BCUT2D eigenvalue weighted by Gasteiger charge is 2.31. The van der Waals surface area contributed by atoms with Gasteiger partial charge in [-0.1, -0.05) is 6.42 Å². The van der Waals surface area contributed by atoms with Crippen molar-refractivity contribution in [2.45, 2.75) is 39.0 Å². The van der Waals surface area contributed by atoms with Crippen LogP contribution in [0.1, 0.15) is 39.0 Å². The van der Waals surface area contributed by atoms with Crippen molar-refractivity contribution < 1.29 is 24.2 Å². The van der Waals surface area contributed by atoms with E-state index < -0.39 is 0 Å². The number of aliphatic hydroxyl groups excluding tert-OH is 1. The lowest BCUT2D eigenvalue weighted by Crippen LogP contribution is -2.46. The molecule has 0 spiro atoms. The number of nitrogens with zero attached hydrogens (tertiary/aromatic N) is 1. The molecule has 8 heteroatoms. The maximum absolute atomic E-state index is 12.3. The second kappa shape index (κ2) is 11.4. The van der Waals surface area contributed by atoms with Crippen molar-refractivity contribution in [3.63, 3.8) is 0 Å². The van der Waals surface area contributed by atoms with E-state index in [2.05, 4.69) is 14.6 Å². The van der Waals surface area contributed by atoms with Gasteiger partial charge in [-0.25, -0.2) is 0 Å². The molecule has 0 radical (unpaired) electrons. The Morgan fingerprint density at radius 3 is 2.62 bits per heavy atom. The van der Waals surface area contributed by atoms with E-state index in [9.17, 15) is 19.5 Å². The first-order valence-corrected chi connectivity index (χ1v) is 9.07. The second-order valence-corrected chi connectivity index (χ2v) is 6.76. The van der Waals surface area contributed by atoms with Crippen LogP contribution in [-0.2, 0) is 14.3 Å². The molecule has 1 aliphatic rings. The first-order valence-electron chi connectivity index (χ1n) is 8.49. The van der Waals surface area contributed by atoms with Gasteiger partial charge < -0.3 is 20.1 Å². The van der Waals surface area contributed by atoms with Gasteiger partial charge in [-0.15, -0.1) is 0 Å². The Balaban J connectivity index is 2.26. The molecule has 1 saturated heterocycles. The number of ether oxygens (including phenoxy) is 1. The highest BCUT2D eigenvalue weighted by molar-refractivity contribution is 7.39. The predicted molar refractivity (Wildman–Crippen MR) is 93.5 cm³/mol. The molecule has 0 bridgehead atoms. The molecule has 0 saturated carbocycles. The quantitative estimate of drug-likeness (QED) is 0.365. The number of nitrogens with one attached hydrogen (secondary N) is 1. The fourth-order valence-corrected chi connectivity index (χ4v) is 3.05. The van der Waals surface area contributed by atoms with Crippen LogP contribution in [0.15, 0.2) is 0 Å². The summed E-state index contributed by atoms with van der Waals surface area (Å²) >= 11 is 0. The first kappa shape index (κ1) is 20.8. The van der Waals surface area contributed by atoms with Gasteiger partial charge in [0.25, 0.3) is 0 Å². The minimum atomic E-state index is -0.317. The van der Waals surface area contributed by atoms with Crippen LogP contribution in [0.2, 0.25) is 0 Å². The van der Waals surface area contributed by atoms with Crippen molar-refractivity contribution in [2.24, 2.45) is 11.8 Å².